The van der Waals surface area contributed by atoms with E-state index in [9.17, 15) is 14.3 Å². The lowest BCUT2D eigenvalue weighted by Gasteiger charge is -2.40. The molecule has 1 unspecified atom stereocenters. The molecule has 1 aromatic carbocycles. The number of carboxylic acids is 1. The van der Waals surface area contributed by atoms with Gasteiger partial charge in [-0.2, -0.15) is 0 Å². The lowest BCUT2D eigenvalue weighted by atomic mass is 9.89. The average Bonchev–Trinajstić information content (AvgIpc) is 2.41. The monoisotopic (exact) mass is 331 g/mol. The van der Waals surface area contributed by atoms with Crippen molar-refractivity contribution in [1.82, 2.24) is 4.90 Å². The summed E-state index contributed by atoms with van der Waals surface area (Å²) in [5.74, 6) is -1.36. The maximum atomic E-state index is 13.3. The Morgan fingerprint density at radius 1 is 1.47 bits per heavy atom. The molecule has 1 fully saturated rings. The van der Waals surface area contributed by atoms with Gasteiger partial charge in [0, 0.05) is 13.1 Å². The first kappa shape index (κ1) is 14.4. The Kier molecular flexibility index (Phi) is 4.23. The molecule has 1 N–H and O–H groups in total. The minimum absolute atomic E-state index is 0.269. The second-order valence-corrected chi connectivity index (χ2v) is 5.46. The lowest BCUT2D eigenvalue weighted by molar-refractivity contribution is -0.154. The van der Waals surface area contributed by atoms with Crippen molar-refractivity contribution in [3.8, 4) is 0 Å². The molecule has 0 saturated carbocycles. The molecule has 104 valence electrons. The van der Waals surface area contributed by atoms with Gasteiger partial charge in [-0.1, -0.05) is 6.07 Å². The van der Waals surface area contributed by atoms with Gasteiger partial charge in [-0.25, -0.2) is 9.18 Å². The van der Waals surface area contributed by atoms with Crippen LogP contribution >= 0.6 is 15.9 Å². The van der Waals surface area contributed by atoms with E-state index >= 15 is 0 Å². The van der Waals surface area contributed by atoms with Crippen LogP contribution in [0.1, 0.15) is 12.5 Å². The van der Waals surface area contributed by atoms with Crippen molar-refractivity contribution in [2.45, 2.75) is 12.5 Å². The van der Waals surface area contributed by atoms with Crippen LogP contribution in [-0.4, -0.2) is 42.3 Å². The molecule has 4 nitrogen and oxygen atoms in total. The SMILES string of the molecule is CC(C(=O)O)(c1ccc(F)c(Br)c1)N1CCOCC1. The van der Waals surface area contributed by atoms with E-state index in [-0.39, 0.29) is 4.47 Å². The van der Waals surface area contributed by atoms with E-state index in [1.54, 1.807) is 6.92 Å². The fourth-order valence-electron chi connectivity index (χ4n) is 2.25. The van der Waals surface area contributed by atoms with Crippen LogP contribution in [0.15, 0.2) is 22.7 Å². The Hall–Kier alpha value is -0.980. The summed E-state index contributed by atoms with van der Waals surface area (Å²) >= 11 is 3.10. The normalized spacial score (nSPS) is 19.9. The Morgan fingerprint density at radius 3 is 2.63 bits per heavy atom. The van der Waals surface area contributed by atoms with Crippen LogP contribution in [0.2, 0.25) is 0 Å². The molecule has 0 bridgehead atoms. The standard InChI is InChI=1S/C13H15BrFNO3/c1-13(12(17)18,16-4-6-19-7-5-16)9-2-3-11(15)10(14)8-9/h2-3,8H,4-7H2,1H3,(H,17,18). The van der Waals surface area contributed by atoms with Crippen LogP contribution < -0.4 is 0 Å². The number of aliphatic carboxylic acids is 1. The Labute approximate surface area is 119 Å². The Balaban J connectivity index is 2.42. The summed E-state index contributed by atoms with van der Waals surface area (Å²) in [7, 11) is 0. The van der Waals surface area contributed by atoms with Crippen molar-refractivity contribution >= 4 is 21.9 Å². The number of carboxylic acid groups (broad SMARTS) is 1. The summed E-state index contributed by atoms with van der Waals surface area (Å²) in [5, 5.41) is 9.61. The van der Waals surface area contributed by atoms with Crippen LogP contribution in [0, 0.1) is 5.82 Å². The zero-order chi connectivity index (χ0) is 14.0. The molecule has 1 atom stereocenters. The summed E-state index contributed by atoms with van der Waals surface area (Å²) in [5.41, 5.74) is -0.629. The van der Waals surface area contributed by atoms with E-state index in [4.69, 9.17) is 4.74 Å². The van der Waals surface area contributed by atoms with E-state index in [2.05, 4.69) is 15.9 Å². The van der Waals surface area contributed by atoms with Gasteiger partial charge in [0.25, 0.3) is 0 Å². The van der Waals surface area contributed by atoms with E-state index in [0.29, 0.717) is 31.9 Å². The quantitative estimate of drug-likeness (QED) is 0.922. The zero-order valence-electron chi connectivity index (χ0n) is 10.5. The molecule has 6 heteroatoms. The van der Waals surface area contributed by atoms with Crippen molar-refractivity contribution in [2.24, 2.45) is 0 Å². The van der Waals surface area contributed by atoms with Crippen molar-refractivity contribution in [3.05, 3.63) is 34.1 Å². The highest BCUT2D eigenvalue weighted by atomic mass is 79.9. The Bertz CT molecular complexity index is 491. The number of ether oxygens (including phenoxy) is 1. The number of hydrogen-bond donors (Lipinski definition) is 1. The van der Waals surface area contributed by atoms with Crippen molar-refractivity contribution < 1.29 is 19.0 Å². The predicted octanol–water partition coefficient (Wildman–Crippen LogP) is 2.22. The van der Waals surface area contributed by atoms with E-state index in [1.165, 1.54) is 18.2 Å². The summed E-state index contributed by atoms with van der Waals surface area (Å²) in [4.78, 5) is 13.6. The molecule has 1 heterocycles. The second-order valence-electron chi connectivity index (χ2n) is 4.61. The van der Waals surface area contributed by atoms with Crippen molar-refractivity contribution in [1.29, 1.82) is 0 Å². The van der Waals surface area contributed by atoms with Gasteiger partial charge in [0.2, 0.25) is 0 Å². The van der Waals surface area contributed by atoms with Crippen LogP contribution in [0.5, 0.6) is 0 Å². The number of morpholine rings is 1. The topological polar surface area (TPSA) is 49.8 Å². The van der Waals surface area contributed by atoms with Crippen LogP contribution in [0.3, 0.4) is 0 Å². The van der Waals surface area contributed by atoms with Crippen LogP contribution in [0.4, 0.5) is 4.39 Å². The largest absolute Gasteiger partial charge is 0.480 e. The molecular weight excluding hydrogens is 317 g/mol. The molecule has 19 heavy (non-hydrogen) atoms. The highest BCUT2D eigenvalue weighted by Crippen LogP contribution is 2.32. The number of carbonyl (C=O) groups is 1. The molecule has 0 amide bonds. The first-order valence-electron chi connectivity index (χ1n) is 5.98. The summed E-state index contributed by atoms with van der Waals surface area (Å²) in [6.07, 6.45) is 0. The average molecular weight is 332 g/mol. The molecule has 1 aromatic rings. The third kappa shape index (κ3) is 2.66. The maximum absolute atomic E-state index is 13.3. The number of hydrogen-bond acceptors (Lipinski definition) is 3. The molecule has 0 aliphatic carbocycles. The number of nitrogens with zero attached hydrogens (tertiary/aromatic N) is 1. The predicted molar refractivity (Wildman–Crippen MR) is 71.5 cm³/mol. The van der Waals surface area contributed by atoms with E-state index in [1.807, 2.05) is 4.90 Å². The number of halogens is 2. The smallest absolute Gasteiger partial charge is 0.328 e. The fraction of sp³-hybridized carbons (Fsp3) is 0.462. The van der Waals surface area contributed by atoms with Gasteiger partial charge < -0.3 is 9.84 Å². The van der Waals surface area contributed by atoms with Gasteiger partial charge in [0.15, 0.2) is 0 Å². The van der Waals surface area contributed by atoms with Gasteiger partial charge >= 0.3 is 5.97 Å². The second kappa shape index (κ2) is 5.56. The fourth-order valence-corrected chi connectivity index (χ4v) is 2.63. The highest BCUT2D eigenvalue weighted by Gasteiger charge is 2.42. The summed E-state index contributed by atoms with van der Waals surface area (Å²) in [6, 6.07) is 4.32. The maximum Gasteiger partial charge on any atom is 0.328 e. The highest BCUT2D eigenvalue weighted by molar-refractivity contribution is 9.10. The zero-order valence-corrected chi connectivity index (χ0v) is 12.1. The number of rotatable bonds is 3. The summed E-state index contributed by atoms with van der Waals surface area (Å²) in [6.45, 7) is 3.73. The third-order valence-corrected chi connectivity index (χ3v) is 4.15. The first-order valence-corrected chi connectivity index (χ1v) is 6.77. The summed E-state index contributed by atoms with van der Waals surface area (Å²) < 4.78 is 18.8. The van der Waals surface area contributed by atoms with Crippen molar-refractivity contribution in [2.75, 3.05) is 26.3 Å². The van der Waals surface area contributed by atoms with E-state index < -0.39 is 17.3 Å². The van der Waals surface area contributed by atoms with Crippen molar-refractivity contribution in [3.63, 3.8) is 0 Å². The van der Waals surface area contributed by atoms with E-state index in [0.717, 1.165) is 0 Å². The molecule has 1 saturated heterocycles. The molecule has 0 aromatic heterocycles. The molecule has 0 spiro atoms. The molecule has 2 rings (SSSR count). The van der Waals surface area contributed by atoms with Gasteiger partial charge in [0.1, 0.15) is 11.4 Å². The van der Waals surface area contributed by atoms with Crippen LogP contribution in [-0.2, 0) is 15.1 Å². The van der Waals surface area contributed by atoms with Gasteiger partial charge in [-0.15, -0.1) is 0 Å². The third-order valence-electron chi connectivity index (χ3n) is 3.54. The van der Waals surface area contributed by atoms with Gasteiger partial charge in [0.05, 0.1) is 17.7 Å². The first-order chi connectivity index (χ1) is 8.96. The lowest BCUT2D eigenvalue weighted by Crippen LogP contribution is -2.54. The minimum Gasteiger partial charge on any atom is -0.480 e. The molecule has 1 aliphatic rings. The molecule has 1 aliphatic heterocycles. The van der Waals surface area contributed by atoms with Crippen LogP contribution in [0.25, 0.3) is 0 Å². The van der Waals surface area contributed by atoms with Gasteiger partial charge in [-0.05, 0) is 40.5 Å². The molecule has 0 radical (unpaired) electrons. The molecular formula is C13H15BrFNO3. The Morgan fingerprint density at radius 2 is 2.11 bits per heavy atom. The van der Waals surface area contributed by atoms with Gasteiger partial charge in [-0.3, -0.25) is 4.90 Å². The number of benzene rings is 1. The minimum atomic E-state index is -1.18.